The van der Waals surface area contributed by atoms with E-state index in [1.807, 2.05) is 0 Å². The van der Waals surface area contributed by atoms with Crippen LogP contribution in [0.25, 0.3) is 0 Å². The summed E-state index contributed by atoms with van der Waals surface area (Å²) in [5.74, 6) is -1.41. The van der Waals surface area contributed by atoms with Crippen molar-refractivity contribution in [1.29, 1.82) is 0 Å². The number of rotatable bonds is 2. The predicted octanol–water partition coefficient (Wildman–Crippen LogP) is 2.59. The molecule has 84 valence electrons. The Labute approximate surface area is 91.7 Å². The van der Waals surface area contributed by atoms with E-state index in [0.717, 1.165) is 0 Å². The molecule has 0 spiro atoms. The number of nitrogen functional groups attached to an aromatic ring is 1. The predicted molar refractivity (Wildman–Crippen MR) is 53.2 cm³/mol. The Hall–Kier alpha value is -0.750. The maximum Gasteiger partial charge on any atom is 0.400 e. The first-order chi connectivity index (χ1) is 6.79. The molecule has 1 unspecified atom stereocenters. The van der Waals surface area contributed by atoms with Gasteiger partial charge in [0.05, 0.1) is 20.7 Å². The molecule has 0 aliphatic heterocycles. The minimum atomic E-state index is -4.48. The van der Waals surface area contributed by atoms with Crippen LogP contribution in [-0.2, 0) is 10.8 Å². The van der Waals surface area contributed by atoms with Gasteiger partial charge >= 0.3 is 6.18 Å². The number of halogens is 4. The zero-order chi connectivity index (χ0) is 11.6. The van der Waals surface area contributed by atoms with E-state index in [4.69, 9.17) is 17.3 Å². The Bertz CT molecular complexity index is 394. The molecule has 0 amide bonds. The molecule has 2 nitrogen and oxygen atoms in total. The summed E-state index contributed by atoms with van der Waals surface area (Å²) >= 11 is 5.61. The van der Waals surface area contributed by atoms with Crippen molar-refractivity contribution in [2.24, 2.45) is 0 Å². The van der Waals surface area contributed by atoms with E-state index in [9.17, 15) is 17.4 Å². The zero-order valence-corrected chi connectivity index (χ0v) is 8.92. The van der Waals surface area contributed by atoms with Gasteiger partial charge in [0, 0.05) is 5.69 Å². The third-order valence-electron chi connectivity index (χ3n) is 1.50. The number of hydrogen-bond donors (Lipinski definition) is 1. The van der Waals surface area contributed by atoms with Gasteiger partial charge in [-0.1, -0.05) is 11.6 Å². The van der Waals surface area contributed by atoms with Crippen LogP contribution in [-0.4, -0.2) is 16.1 Å². The van der Waals surface area contributed by atoms with E-state index in [2.05, 4.69) is 0 Å². The lowest BCUT2D eigenvalue weighted by Gasteiger charge is -2.07. The summed E-state index contributed by atoms with van der Waals surface area (Å²) in [6, 6.07) is 3.86. The third-order valence-corrected chi connectivity index (χ3v) is 3.36. The molecule has 0 aromatic heterocycles. The van der Waals surface area contributed by atoms with Crippen molar-refractivity contribution in [3.05, 3.63) is 23.2 Å². The van der Waals surface area contributed by atoms with Crippen LogP contribution in [0.5, 0.6) is 0 Å². The second-order valence-corrected chi connectivity index (χ2v) is 4.62. The fraction of sp³-hybridized carbons (Fsp3) is 0.250. The maximum absolute atomic E-state index is 11.9. The number of nitrogens with two attached hydrogens (primary N) is 1. The average molecular weight is 258 g/mol. The van der Waals surface area contributed by atoms with Crippen molar-refractivity contribution < 1.29 is 17.4 Å². The lowest BCUT2D eigenvalue weighted by molar-refractivity contribution is -0.105. The molecule has 0 heterocycles. The molecule has 2 N–H and O–H groups in total. The van der Waals surface area contributed by atoms with Crippen LogP contribution in [0.15, 0.2) is 23.1 Å². The first-order valence-electron chi connectivity index (χ1n) is 3.80. The number of hydrogen-bond acceptors (Lipinski definition) is 2. The summed E-state index contributed by atoms with van der Waals surface area (Å²) in [4.78, 5) is -0.0526. The third kappa shape index (κ3) is 3.71. The smallest absolute Gasteiger partial charge is 0.399 e. The second kappa shape index (κ2) is 4.40. The van der Waals surface area contributed by atoms with Crippen molar-refractivity contribution >= 4 is 28.1 Å². The van der Waals surface area contributed by atoms with E-state index in [1.54, 1.807) is 0 Å². The van der Waals surface area contributed by atoms with Gasteiger partial charge in [0.2, 0.25) is 0 Å². The monoisotopic (exact) mass is 257 g/mol. The topological polar surface area (TPSA) is 43.1 Å². The van der Waals surface area contributed by atoms with E-state index in [1.165, 1.54) is 18.2 Å². The molecule has 1 aromatic carbocycles. The van der Waals surface area contributed by atoms with Gasteiger partial charge in [-0.2, -0.15) is 13.2 Å². The summed E-state index contributed by atoms with van der Waals surface area (Å²) in [5, 5.41) is -0.0161. The molecule has 1 atom stereocenters. The standard InChI is InChI=1S/C8H7ClF3NOS/c9-6-3-5(13)1-2-7(6)15(14)4-8(10,11)12/h1-3H,4,13H2. The van der Waals surface area contributed by atoms with Gasteiger partial charge in [0.1, 0.15) is 5.75 Å². The molecular formula is C8H7ClF3NOS. The zero-order valence-electron chi connectivity index (χ0n) is 7.34. The molecular weight excluding hydrogens is 251 g/mol. The van der Waals surface area contributed by atoms with Crippen molar-refractivity contribution in [2.45, 2.75) is 11.1 Å². The summed E-state index contributed by atoms with van der Waals surface area (Å²) < 4.78 is 47.1. The Morgan fingerprint density at radius 2 is 2.00 bits per heavy atom. The van der Waals surface area contributed by atoms with Crippen LogP contribution in [0, 0.1) is 0 Å². The van der Waals surface area contributed by atoms with Crippen molar-refractivity contribution in [3.8, 4) is 0 Å². The van der Waals surface area contributed by atoms with Gasteiger partial charge in [-0.15, -0.1) is 0 Å². The quantitative estimate of drug-likeness (QED) is 0.828. The SMILES string of the molecule is Nc1ccc(S(=O)CC(F)(F)F)c(Cl)c1. The molecule has 1 rings (SSSR count). The van der Waals surface area contributed by atoms with Gasteiger partial charge in [-0.05, 0) is 18.2 Å². The minimum absolute atomic E-state index is 0.0161. The van der Waals surface area contributed by atoms with Gasteiger partial charge in [-0.3, -0.25) is 4.21 Å². The molecule has 15 heavy (non-hydrogen) atoms. The highest BCUT2D eigenvalue weighted by atomic mass is 35.5. The van der Waals surface area contributed by atoms with Crippen LogP contribution < -0.4 is 5.73 Å². The van der Waals surface area contributed by atoms with Gasteiger partial charge in [0.15, 0.2) is 0 Å². The number of benzene rings is 1. The van der Waals surface area contributed by atoms with E-state index in [-0.39, 0.29) is 9.92 Å². The van der Waals surface area contributed by atoms with Crippen LogP contribution in [0.4, 0.5) is 18.9 Å². The Morgan fingerprint density at radius 1 is 1.40 bits per heavy atom. The number of alkyl halides is 3. The molecule has 1 aromatic rings. The van der Waals surface area contributed by atoms with Gasteiger partial charge in [-0.25, -0.2) is 0 Å². The second-order valence-electron chi connectivity index (χ2n) is 2.79. The average Bonchev–Trinajstić information content (AvgIpc) is 1.99. The first-order valence-corrected chi connectivity index (χ1v) is 5.49. The van der Waals surface area contributed by atoms with Crippen LogP contribution in [0.2, 0.25) is 5.02 Å². The highest BCUT2D eigenvalue weighted by Crippen LogP contribution is 2.26. The Kier molecular flexibility index (Phi) is 3.62. The maximum atomic E-state index is 11.9. The summed E-state index contributed by atoms with van der Waals surface area (Å²) in [5.41, 5.74) is 5.66. The fourth-order valence-corrected chi connectivity index (χ4v) is 2.32. The molecule has 0 bridgehead atoms. The fourth-order valence-electron chi connectivity index (χ4n) is 0.928. The highest BCUT2D eigenvalue weighted by molar-refractivity contribution is 7.85. The summed E-state index contributed by atoms with van der Waals surface area (Å²) in [6.07, 6.45) is -4.48. The largest absolute Gasteiger partial charge is 0.400 e. The lowest BCUT2D eigenvalue weighted by atomic mass is 10.3. The van der Waals surface area contributed by atoms with E-state index < -0.39 is 22.7 Å². The lowest BCUT2D eigenvalue weighted by Crippen LogP contribution is -2.18. The Balaban J connectivity index is 2.92. The van der Waals surface area contributed by atoms with E-state index >= 15 is 0 Å². The molecule has 0 aliphatic rings. The highest BCUT2D eigenvalue weighted by Gasteiger charge is 2.31. The Morgan fingerprint density at radius 3 is 2.47 bits per heavy atom. The first kappa shape index (κ1) is 12.3. The van der Waals surface area contributed by atoms with Gasteiger partial charge in [0.25, 0.3) is 0 Å². The van der Waals surface area contributed by atoms with Crippen molar-refractivity contribution in [3.63, 3.8) is 0 Å². The van der Waals surface area contributed by atoms with Gasteiger partial charge < -0.3 is 5.73 Å². The summed E-state index contributed by atoms with van der Waals surface area (Å²) in [7, 11) is -2.19. The molecule has 0 radical (unpaired) electrons. The number of anilines is 1. The molecule has 0 fully saturated rings. The normalized spacial score (nSPS) is 13.9. The molecule has 0 saturated carbocycles. The summed E-state index contributed by atoms with van der Waals surface area (Å²) in [6.45, 7) is 0. The minimum Gasteiger partial charge on any atom is -0.399 e. The molecule has 7 heteroatoms. The van der Waals surface area contributed by atoms with Crippen LogP contribution >= 0.6 is 11.6 Å². The van der Waals surface area contributed by atoms with Crippen molar-refractivity contribution in [1.82, 2.24) is 0 Å². The molecule has 0 aliphatic carbocycles. The van der Waals surface area contributed by atoms with Crippen molar-refractivity contribution in [2.75, 3.05) is 11.5 Å². The van der Waals surface area contributed by atoms with Crippen LogP contribution in [0.3, 0.4) is 0 Å². The van der Waals surface area contributed by atoms with E-state index in [0.29, 0.717) is 5.69 Å². The molecule has 0 saturated heterocycles. The van der Waals surface area contributed by atoms with Crippen LogP contribution in [0.1, 0.15) is 0 Å².